The highest BCUT2D eigenvalue weighted by atomic mass is 32.1. The lowest BCUT2D eigenvalue weighted by atomic mass is 10.1. The fourth-order valence-electron chi connectivity index (χ4n) is 3.96. The molecule has 2 aromatic heterocycles. The maximum atomic E-state index is 13.7. The van der Waals surface area contributed by atoms with Crippen LogP contribution in [0.5, 0.6) is 5.75 Å². The summed E-state index contributed by atoms with van der Waals surface area (Å²) in [5.41, 5.74) is 2.74. The molecule has 32 heavy (non-hydrogen) atoms. The third-order valence-electron chi connectivity index (χ3n) is 5.53. The van der Waals surface area contributed by atoms with Crippen LogP contribution in [0.15, 0.2) is 82.4 Å². The normalized spacial score (nSPS) is 11.3. The van der Waals surface area contributed by atoms with E-state index in [1.807, 2.05) is 62.4 Å². The molecule has 0 saturated carbocycles. The predicted octanol–water partition coefficient (Wildman–Crippen LogP) is 5.12. The van der Waals surface area contributed by atoms with Crippen molar-refractivity contribution in [1.82, 2.24) is 9.13 Å². The molecule has 0 bridgehead atoms. The number of hydrogen-bond donors (Lipinski definition) is 0. The summed E-state index contributed by atoms with van der Waals surface area (Å²) in [6, 6.07) is 23.0. The first-order chi connectivity index (χ1) is 15.6. The van der Waals surface area contributed by atoms with Gasteiger partial charge in [-0.3, -0.25) is 9.36 Å². The van der Waals surface area contributed by atoms with E-state index in [2.05, 4.69) is 0 Å². The minimum Gasteiger partial charge on any atom is -0.494 e. The number of nitrogens with zero attached hydrogens (tertiary/aromatic N) is 2. The first kappa shape index (κ1) is 20.3. The molecule has 0 aliphatic heterocycles. The van der Waals surface area contributed by atoms with Crippen LogP contribution in [0.2, 0.25) is 0 Å². The molecule has 0 aliphatic carbocycles. The van der Waals surface area contributed by atoms with Gasteiger partial charge in [0, 0.05) is 10.1 Å². The quantitative estimate of drug-likeness (QED) is 0.380. The topological polar surface area (TPSA) is 53.2 Å². The second-order valence-corrected chi connectivity index (χ2v) is 8.75. The fraction of sp³-hybridized carbons (Fsp3) is 0.154. The van der Waals surface area contributed by atoms with Gasteiger partial charge < -0.3 is 4.74 Å². The Bertz CT molecular complexity index is 1540. The van der Waals surface area contributed by atoms with Crippen molar-refractivity contribution in [2.45, 2.75) is 20.4 Å². The molecule has 0 amide bonds. The van der Waals surface area contributed by atoms with E-state index in [-0.39, 0.29) is 11.2 Å². The lowest BCUT2D eigenvalue weighted by molar-refractivity contribution is 0.340. The van der Waals surface area contributed by atoms with Crippen LogP contribution in [0.4, 0.5) is 0 Å². The van der Waals surface area contributed by atoms with Crippen molar-refractivity contribution in [3.63, 3.8) is 0 Å². The van der Waals surface area contributed by atoms with Crippen molar-refractivity contribution in [3.8, 4) is 11.4 Å². The Labute approximate surface area is 188 Å². The van der Waals surface area contributed by atoms with Gasteiger partial charge in [0.2, 0.25) is 0 Å². The monoisotopic (exact) mass is 442 g/mol. The molecule has 0 unspecified atom stereocenters. The summed E-state index contributed by atoms with van der Waals surface area (Å²) in [5, 5.41) is 0.924. The van der Waals surface area contributed by atoms with E-state index < -0.39 is 0 Å². The number of aryl methyl sites for hydroxylation is 1. The number of benzene rings is 3. The van der Waals surface area contributed by atoms with Gasteiger partial charge in [-0.1, -0.05) is 48.0 Å². The molecule has 2 heterocycles. The van der Waals surface area contributed by atoms with Crippen LogP contribution >= 0.6 is 11.3 Å². The highest BCUT2D eigenvalue weighted by Crippen LogP contribution is 2.31. The van der Waals surface area contributed by atoms with Crippen molar-refractivity contribution in [3.05, 3.63) is 105 Å². The van der Waals surface area contributed by atoms with Gasteiger partial charge in [-0.15, -0.1) is 11.3 Å². The molecule has 5 aromatic rings. The van der Waals surface area contributed by atoms with Crippen molar-refractivity contribution >= 4 is 31.6 Å². The first-order valence-corrected chi connectivity index (χ1v) is 11.3. The van der Waals surface area contributed by atoms with Gasteiger partial charge >= 0.3 is 5.69 Å². The lowest BCUT2D eigenvalue weighted by Gasteiger charge is -2.13. The van der Waals surface area contributed by atoms with E-state index in [1.165, 1.54) is 15.9 Å². The van der Waals surface area contributed by atoms with Gasteiger partial charge in [-0.05, 0) is 49.7 Å². The molecule has 0 atom stereocenters. The summed E-state index contributed by atoms with van der Waals surface area (Å²) < 4.78 is 10.1. The first-order valence-electron chi connectivity index (χ1n) is 10.5. The predicted molar refractivity (Wildman–Crippen MR) is 131 cm³/mol. The Morgan fingerprint density at radius 2 is 1.62 bits per heavy atom. The largest absolute Gasteiger partial charge is 0.494 e. The molecule has 0 aliphatic rings. The molecule has 3 aromatic carbocycles. The second kappa shape index (κ2) is 8.13. The molecule has 0 saturated heterocycles. The van der Waals surface area contributed by atoms with Gasteiger partial charge in [0.25, 0.3) is 5.56 Å². The average Bonchev–Trinajstić information content (AvgIpc) is 3.19. The van der Waals surface area contributed by atoms with Crippen LogP contribution < -0.4 is 16.0 Å². The molecular formula is C26H22N2O3S. The molecule has 160 valence electrons. The van der Waals surface area contributed by atoms with E-state index in [0.29, 0.717) is 34.8 Å². The zero-order valence-electron chi connectivity index (χ0n) is 17.9. The van der Waals surface area contributed by atoms with Crippen LogP contribution in [-0.4, -0.2) is 15.7 Å². The molecule has 0 radical (unpaired) electrons. The third kappa shape index (κ3) is 3.42. The second-order valence-electron chi connectivity index (χ2n) is 7.70. The Balaban J connectivity index is 1.80. The summed E-state index contributed by atoms with van der Waals surface area (Å²) in [6.07, 6.45) is 0. The summed E-state index contributed by atoms with van der Waals surface area (Å²) >= 11 is 1.43. The molecule has 0 fully saturated rings. The molecular weight excluding hydrogens is 420 g/mol. The Morgan fingerprint density at radius 3 is 2.34 bits per heavy atom. The Kier molecular flexibility index (Phi) is 5.15. The Hall–Kier alpha value is -3.64. The molecule has 0 spiro atoms. The third-order valence-corrected chi connectivity index (χ3v) is 6.67. The van der Waals surface area contributed by atoms with E-state index >= 15 is 0 Å². The number of fused-ring (bicyclic) bond motifs is 3. The number of rotatable bonds is 5. The van der Waals surface area contributed by atoms with Gasteiger partial charge in [-0.25, -0.2) is 9.36 Å². The van der Waals surface area contributed by atoms with E-state index in [1.54, 1.807) is 28.8 Å². The van der Waals surface area contributed by atoms with Gasteiger partial charge in [0.15, 0.2) is 0 Å². The summed E-state index contributed by atoms with van der Waals surface area (Å²) in [4.78, 5) is 27.2. The van der Waals surface area contributed by atoms with Gasteiger partial charge in [0.1, 0.15) is 10.4 Å². The van der Waals surface area contributed by atoms with E-state index in [9.17, 15) is 9.59 Å². The summed E-state index contributed by atoms with van der Waals surface area (Å²) in [5.74, 6) is 0.701. The molecule has 5 rings (SSSR count). The highest BCUT2D eigenvalue weighted by molar-refractivity contribution is 7.25. The van der Waals surface area contributed by atoms with E-state index in [4.69, 9.17) is 4.74 Å². The van der Waals surface area contributed by atoms with Crippen LogP contribution in [0.3, 0.4) is 0 Å². The van der Waals surface area contributed by atoms with Crippen molar-refractivity contribution in [2.24, 2.45) is 0 Å². The van der Waals surface area contributed by atoms with Crippen LogP contribution in [0.1, 0.15) is 18.1 Å². The maximum Gasteiger partial charge on any atom is 0.336 e. The standard InChI is InChI=1S/C26H22N2O3S/c1-3-31-20-14-12-19(13-15-20)28-25(29)24-23(21-6-4-5-7-22(21)32-24)27(26(28)30)16-18-10-8-17(2)9-11-18/h4-15H,3,16H2,1-2H3. The van der Waals surface area contributed by atoms with Gasteiger partial charge in [-0.2, -0.15) is 0 Å². The summed E-state index contributed by atoms with van der Waals surface area (Å²) in [6.45, 7) is 4.88. The van der Waals surface area contributed by atoms with Crippen molar-refractivity contribution in [2.75, 3.05) is 6.61 Å². The number of aromatic nitrogens is 2. The fourth-order valence-corrected chi connectivity index (χ4v) is 5.09. The maximum absolute atomic E-state index is 13.7. The van der Waals surface area contributed by atoms with Crippen molar-refractivity contribution in [1.29, 1.82) is 0 Å². The zero-order chi connectivity index (χ0) is 22.2. The van der Waals surface area contributed by atoms with Gasteiger partial charge in [0.05, 0.1) is 24.4 Å². The lowest BCUT2D eigenvalue weighted by Crippen LogP contribution is -2.38. The Morgan fingerprint density at radius 1 is 0.906 bits per heavy atom. The zero-order valence-corrected chi connectivity index (χ0v) is 18.7. The number of ether oxygens (including phenoxy) is 1. The van der Waals surface area contributed by atoms with Crippen LogP contribution in [0, 0.1) is 6.92 Å². The molecule has 6 heteroatoms. The number of hydrogen-bond acceptors (Lipinski definition) is 4. The van der Waals surface area contributed by atoms with Crippen molar-refractivity contribution < 1.29 is 4.74 Å². The average molecular weight is 443 g/mol. The molecule has 0 N–H and O–H groups in total. The smallest absolute Gasteiger partial charge is 0.336 e. The van der Waals surface area contributed by atoms with Crippen LogP contribution in [0.25, 0.3) is 26.0 Å². The minimum atomic E-state index is -0.351. The van der Waals surface area contributed by atoms with Crippen LogP contribution in [-0.2, 0) is 6.54 Å². The van der Waals surface area contributed by atoms with E-state index in [0.717, 1.165) is 21.2 Å². The minimum absolute atomic E-state index is 0.296. The highest BCUT2D eigenvalue weighted by Gasteiger charge is 2.19. The summed E-state index contributed by atoms with van der Waals surface area (Å²) in [7, 11) is 0. The molecule has 5 nitrogen and oxygen atoms in total. The SMILES string of the molecule is CCOc1ccc(-n2c(=O)c3sc4ccccc4c3n(Cc3ccc(C)cc3)c2=O)cc1. The number of thiophene rings is 1.